The fraction of sp³-hybridized carbons (Fsp3) is 0.333. The van der Waals surface area contributed by atoms with Gasteiger partial charge in [-0.15, -0.1) is 0 Å². The van der Waals surface area contributed by atoms with Crippen molar-refractivity contribution in [2.24, 2.45) is 0 Å². The largest absolute Gasteiger partial charge is 0.507 e. The summed E-state index contributed by atoms with van der Waals surface area (Å²) in [5.74, 6) is 0.588. The van der Waals surface area contributed by atoms with E-state index in [0.717, 1.165) is 0 Å². The maximum atomic E-state index is 10.4. The highest BCUT2D eigenvalue weighted by atomic mass is 33.1. The van der Waals surface area contributed by atoms with Crippen LogP contribution in [0.1, 0.15) is 33.4 Å². The molecule has 2 aromatic carbocycles. The molecule has 0 aliphatic rings. The van der Waals surface area contributed by atoms with E-state index < -0.39 is 0 Å². The molecule has 24 heavy (non-hydrogen) atoms. The minimum absolute atomic E-state index is 0.130. The second-order valence-electron chi connectivity index (χ2n) is 5.97. The van der Waals surface area contributed by atoms with Crippen LogP contribution in [-0.4, -0.2) is 20.4 Å². The molecule has 0 unspecified atom stereocenters. The Hall–Kier alpha value is -1.66. The van der Waals surface area contributed by atoms with E-state index in [9.17, 15) is 20.4 Å². The van der Waals surface area contributed by atoms with Crippen molar-refractivity contribution in [3.8, 4) is 23.0 Å². The Balaban J connectivity index is 2.48. The number of benzene rings is 2. The summed E-state index contributed by atoms with van der Waals surface area (Å²) < 4.78 is 0. The van der Waals surface area contributed by atoms with Gasteiger partial charge in [0.1, 0.15) is 23.0 Å². The molecule has 0 aromatic heterocycles. The molecule has 0 amide bonds. The Kier molecular flexibility index (Phi) is 5.20. The number of rotatable bonds is 3. The van der Waals surface area contributed by atoms with E-state index in [2.05, 4.69) is 0 Å². The first-order valence-corrected chi connectivity index (χ1v) is 9.62. The minimum Gasteiger partial charge on any atom is -0.507 e. The van der Waals surface area contributed by atoms with E-state index in [-0.39, 0.29) is 23.0 Å². The molecular weight excluding hydrogens is 344 g/mol. The summed E-state index contributed by atoms with van der Waals surface area (Å²) in [6.07, 6.45) is 0. The molecule has 0 heterocycles. The smallest absolute Gasteiger partial charge is 0.133 e. The van der Waals surface area contributed by atoms with Crippen LogP contribution in [-0.2, 0) is 0 Å². The molecule has 6 heteroatoms. The lowest BCUT2D eigenvalue weighted by atomic mass is 10.0. The third kappa shape index (κ3) is 2.89. The van der Waals surface area contributed by atoms with Gasteiger partial charge in [-0.25, -0.2) is 0 Å². The van der Waals surface area contributed by atoms with Gasteiger partial charge in [0.05, 0.1) is 9.79 Å². The molecule has 0 bridgehead atoms. The highest BCUT2D eigenvalue weighted by Crippen LogP contribution is 2.52. The Labute approximate surface area is 150 Å². The van der Waals surface area contributed by atoms with Crippen LogP contribution in [0.25, 0.3) is 0 Å². The van der Waals surface area contributed by atoms with Gasteiger partial charge >= 0.3 is 0 Å². The first-order chi connectivity index (χ1) is 11.1. The summed E-state index contributed by atoms with van der Waals surface area (Å²) in [6, 6.07) is 0. The molecule has 2 rings (SSSR count). The molecule has 0 aliphatic carbocycles. The second kappa shape index (κ2) is 6.69. The molecule has 0 atom stereocenters. The highest BCUT2D eigenvalue weighted by Gasteiger charge is 2.21. The molecule has 0 saturated heterocycles. The van der Waals surface area contributed by atoms with Gasteiger partial charge in [-0.3, -0.25) is 0 Å². The Morgan fingerprint density at radius 2 is 0.667 bits per heavy atom. The highest BCUT2D eigenvalue weighted by molar-refractivity contribution is 8.76. The fourth-order valence-corrected chi connectivity index (χ4v) is 5.27. The lowest BCUT2D eigenvalue weighted by Crippen LogP contribution is -1.92. The van der Waals surface area contributed by atoms with Crippen molar-refractivity contribution in [2.75, 3.05) is 0 Å². The quantitative estimate of drug-likeness (QED) is 0.444. The van der Waals surface area contributed by atoms with Crippen LogP contribution >= 0.6 is 21.6 Å². The number of hydrogen-bond donors (Lipinski definition) is 4. The topological polar surface area (TPSA) is 80.9 Å². The van der Waals surface area contributed by atoms with Gasteiger partial charge in [-0.2, -0.15) is 0 Å². The van der Waals surface area contributed by atoms with E-state index in [1.165, 1.54) is 21.6 Å². The molecule has 2 aromatic rings. The van der Waals surface area contributed by atoms with Crippen molar-refractivity contribution in [2.45, 2.75) is 51.3 Å². The zero-order chi connectivity index (χ0) is 18.3. The number of phenolic OH excluding ortho intramolecular Hbond substituents is 4. The van der Waals surface area contributed by atoms with Crippen LogP contribution < -0.4 is 0 Å². The van der Waals surface area contributed by atoms with Crippen molar-refractivity contribution >= 4 is 21.6 Å². The number of hydrogen-bond acceptors (Lipinski definition) is 6. The summed E-state index contributed by atoms with van der Waals surface area (Å²) >= 11 is 0. The van der Waals surface area contributed by atoms with E-state index in [4.69, 9.17) is 0 Å². The predicted molar refractivity (Wildman–Crippen MR) is 99.7 cm³/mol. The lowest BCUT2D eigenvalue weighted by molar-refractivity contribution is 0.437. The Morgan fingerprint density at radius 3 is 0.958 bits per heavy atom. The summed E-state index contributed by atoms with van der Waals surface area (Å²) in [7, 11) is 2.50. The van der Waals surface area contributed by atoms with Crippen molar-refractivity contribution in [3.05, 3.63) is 33.4 Å². The van der Waals surface area contributed by atoms with Crippen LogP contribution in [0.15, 0.2) is 9.79 Å². The molecule has 130 valence electrons. The van der Waals surface area contributed by atoms with Gasteiger partial charge in [-0.05, 0) is 85.4 Å². The van der Waals surface area contributed by atoms with Crippen LogP contribution in [0.2, 0.25) is 0 Å². The van der Waals surface area contributed by atoms with E-state index in [1.54, 1.807) is 41.5 Å². The Bertz CT molecular complexity index is 701. The van der Waals surface area contributed by atoms with Gasteiger partial charge < -0.3 is 20.4 Å². The normalized spacial score (nSPS) is 11.1. The van der Waals surface area contributed by atoms with E-state index in [1.807, 2.05) is 0 Å². The fourth-order valence-electron chi connectivity index (χ4n) is 2.47. The van der Waals surface area contributed by atoms with E-state index in [0.29, 0.717) is 43.2 Å². The molecule has 4 nitrogen and oxygen atoms in total. The van der Waals surface area contributed by atoms with Crippen molar-refractivity contribution in [1.29, 1.82) is 0 Å². The van der Waals surface area contributed by atoms with Gasteiger partial charge in [0.25, 0.3) is 0 Å². The zero-order valence-corrected chi connectivity index (χ0v) is 16.2. The minimum atomic E-state index is 0.130. The molecular formula is C18H22O4S2. The average molecular weight is 367 g/mol. The molecule has 0 saturated carbocycles. The van der Waals surface area contributed by atoms with Crippen LogP contribution in [0.5, 0.6) is 23.0 Å². The third-order valence-electron chi connectivity index (χ3n) is 4.58. The summed E-state index contributed by atoms with van der Waals surface area (Å²) in [5.41, 5.74) is 3.76. The summed E-state index contributed by atoms with van der Waals surface area (Å²) in [4.78, 5) is 1.11. The van der Waals surface area contributed by atoms with Gasteiger partial charge in [-0.1, -0.05) is 0 Å². The average Bonchev–Trinajstić information content (AvgIpc) is 2.57. The number of aromatic hydroxyl groups is 4. The van der Waals surface area contributed by atoms with Crippen molar-refractivity contribution in [1.82, 2.24) is 0 Å². The third-order valence-corrected chi connectivity index (χ3v) is 7.24. The van der Waals surface area contributed by atoms with Gasteiger partial charge in [0, 0.05) is 11.1 Å². The molecule has 0 radical (unpaired) electrons. The first kappa shape index (κ1) is 18.7. The molecule has 0 spiro atoms. The molecule has 0 fully saturated rings. The van der Waals surface area contributed by atoms with Gasteiger partial charge in [0.15, 0.2) is 0 Å². The van der Waals surface area contributed by atoms with Crippen molar-refractivity contribution < 1.29 is 20.4 Å². The maximum absolute atomic E-state index is 10.4. The predicted octanol–water partition coefficient (Wildman–Crippen LogP) is 5.16. The maximum Gasteiger partial charge on any atom is 0.133 e. The SMILES string of the molecule is Cc1c(C)c(O)c(SSc2c(C)c(O)c(C)c(C)c2O)c(C)c1O. The molecule has 0 aliphatic heterocycles. The summed E-state index contributed by atoms with van der Waals surface area (Å²) in [6.45, 7) is 10.5. The molecule has 4 N–H and O–H groups in total. The van der Waals surface area contributed by atoms with Crippen LogP contribution in [0.3, 0.4) is 0 Å². The zero-order valence-electron chi connectivity index (χ0n) is 14.6. The number of phenols is 4. The first-order valence-electron chi connectivity index (χ1n) is 7.47. The van der Waals surface area contributed by atoms with Gasteiger partial charge in [0.2, 0.25) is 0 Å². The standard InChI is InChI=1S/C18H22O4S2/c1-7-9(3)15(21)17(11(5)13(7)19)23-24-18-12(6)14(20)8(2)10(4)16(18)22/h19-22H,1-6H3. The second-order valence-corrected chi connectivity index (χ2v) is 8.12. The summed E-state index contributed by atoms with van der Waals surface area (Å²) in [5, 5.41) is 41.2. The van der Waals surface area contributed by atoms with Crippen LogP contribution in [0.4, 0.5) is 0 Å². The Morgan fingerprint density at radius 1 is 0.417 bits per heavy atom. The lowest BCUT2D eigenvalue weighted by Gasteiger charge is -2.17. The van der Waals surface area contributed by atoms with Crippen molar-refractivity contribution in [3.63, 3.8) is 0 Å². The van der Waals surface area contributed by atoms with E-state index >= 15 is 0 Å². The van der Waals surface area contributed by atoms with Crippen LogP contribution in [0, 0.1) is 41.5 Å². The monoisotopic (exact) mass is 366 g/mol.